The number of thiophene rings is 1. The molecule has 0 radical (unpaired) electrons. The summed E-state index contributed by atoms with van der Waals surface area (Å²) in [7, 11) is 0. The Balaban J connectivity index is 1.55. The van der Waals surface area contributed by atoms with E-state index in [1.54, 1.807) is 0 Å². The van der Waals surface area contributed by atoms with Gasteiger partial charge in [0.05, 0.1) is 26.9 Å². The summed E-state index contributed by atoms with van der Waals surface area (Å²) < 4.78 is 4.87. The lowest BCUT2D eigenvalue weighted by atomic mass is 9.98. The number of aryl methyl sites for hydroxylation is 1. The largest absolute Gasteiger partial charge is 0.276 e. The number of hydrogen-bond acceptors (Lipinski definition) is 3. The van der Waals surface area contributed by atoms with Gasteiger partial charge in [0.1, 0.15) is 0 Å². The average molecular weight is 542 g/mol. The molecule has 3 nitrogen and oxygen atoms in total. The number of benzene rings is 6. The van der Waals surface area contributed by atoms with Crippen LogP contribution in [0.1, 0.15) is 5.56 Å². The van der Waals surface area contributed by atoms with Crippen molar-refractivity contribution in [3.8, 4) is 17.2 Å². The fourth-order valence-electron chi connectivity index (χ4n) is 6.48. The third-order valence-corrected chi connectivity index (χ3v) is 9.42. The molecule has 3 heterocycles. The highest BCUT2D eigenvalue weighted by molar-refractivity contribution is 7.27. The van der Waals surface area contributed by atoms with Crippen molar-refractivity contribution in [3.63, 3.8) is 0 Å². The molecule has 0 fully saturated rings. The molecule has 3 aromatic heterocycles. The van der Waals surface area contributed by atoms with E-state index < -0.39 is 0 Å². The summed E-state index contributed by atoms with van der Waals surface area (Å²) in [5.41, 5.74) is 6.50. The molecule has 0 bridgehead atoms. The number of para-hydroxylation sites is 1. The van der Waals surface area contributed by atoms with E-state index in [0.717, 1.165) is 27.7 Å². The summed E-state index contributed by atoms with van der Waals surface area (Å²) in [5.74, 6) is 0.695. The Hall–Kier alpha value is -5.06. The van der Waals surface area contributed by atoms with Gasteiger partial charge in [-0.3, -0.25) is 4.57 Å². The molecule has 0 aliphatic rings. The van der Waals surface area contributed by atoms with Crippen molar-refractivity contribution < 1.29 is 0 Å². The van der Waals surface area contributed by atoms with Gasteiger partial charge < -0.3 is 0 Å². The highest BCUT2D eigenvalue weighted by atomic mass is 32.1. The molecule has 0 saturated heterocycles. The first kappa shape index (κ1) is 22.7. The number of fused-ring (bicyclic) bond motifs is 11. The summed E-state index contributed by atoms with van der Waals surface area (Å²) in [5, 5.41) is 8.69. The van der Waals surface area contributed by atoms with Crippen LogP contribution in [0, 0.1) is 6.92 Å². The lowest BCUT2D eigenvalue weighted by molar-refractivity contribution is 1.02. The van der Waals surface area contributed by atoms with E-state index in [1.807, 2.05) is 17.4 Å². The van der Waals surface area contributed by atoms with E-state index in [9.17, 15) is 0 Å². The van der Waals surface area contributed by atoms with Gasteiger partial charge in [-0.05, 0) is 42.0 Å². The minimum Gasteiger partial charge on any atom is -0.276 e. The van der Waals surface area contributed by atoms with Gasteiger partial charge in [0.15, 0.2) is 0 Å². The SMILES string of the molecule is Cc1ccc2c(c1)c1c3ccccc3c3c4ccccc4sc3c1n2-c1nc(-c2ccccc2)c2ccccc2n1. The molecular weight excluding hydrogens is 518 g/mol. The Bertz CT molecular complexity index is 2490. The maximum absolute atomic E-state index is 5.33. The normalized spacial score (nSPS) is 12.0. The Kier molecular flexibility index (Phi) is 4.69. The number of hydrogen-bond donors (Lipinski definition) is 0. The van der Waals surface area contributed by atoms with Crippen LogP contribution in [0.5, 0.6) is 0 Å². The second kappa shape index (κ2) is 8.47. The second-order valence-electron chi connectivity index (χ2n) is 10.7. The van der Waals surface area contributed by atoms with Gasteiger partial charge in [0.2, 0.25) is 5.95 Å². The number of aromatic nitrogens is 3. The van der Waals surface area contributed by atoms with Crippen molar-refractivity contribution in [1.29, 1.82) is 0 Å². The van der Waals surface area contributed by atoms with Crippen molar-refractivity contribution in [2.24, 2.45) is 0 Å². The highest BCUT2D eigenvalue weighted by Crippen LogP contribution is 2.47. The highest BCUT2D eigenvalue weighted by Gasteiger charge is 2.23. The van der Waals surface area contributed by atoms with Crippen molar-refractivity contribution in [1.82, 2.24) is 14.5 Å². The summed E-state index contributed by atoms with van der Waals surface area (Å²) in [4.78, 5) is 10.6. The van der Waals surface area contributed by atoms with Gasteiger partial charge in [-0.25, -0.2) is 9.97 Å². The third kappa shape index (κ3) is 3.19. The summed E-state index contributed by atoms with van der Waals surface area (Å²) in [6.45, 7) is 2.17. The molecule has 6 aromatic carbocycles. The van der Waals surface area contributed by atoms with Crippen LogP contribution in [-0.4, -0.2) is 14.5 Å². The van der Waals surface area contributed by atoms with Gasteiger partial charge in [-0.2, -0.15) is 0 Å². The number of nitrogens with zero attached hydrogens (tertiary/aromatic N) is 3. The van der Waals surface area contributed by atoms with Crippen LogP contribution >= 0.6 is 11.3 Å². The molecule has 0 N–H and O–H groups in total. The molecule has 0 unspecified atom stereocenters. The molecule has 41 heavy (non-hydrogen) atoms. The Labute approximate surface area is 239 Å². The first-order valence-corrected chi connectivity index (χ1v) is 14.7. The van der Waals surface area contributed by atoms with Crippen LogP contribution in [-0.2, 0) is 0 Å². The molecule has 0 aliphatic heterocycles. The van der Waals surface area contributed by atoms with Crippen LogP contribution in [0.25, 0.3) is 80.9 Å². The maximum Gasteiger partial charge on any atom is 0.235 e. The van der Waals surface area contributed by atoms with Gasteiger partial charge in [-0.15, -0.1) is 11.3 Å². The minimum atomic E-state index is 0.695. The molecule has 9 aromatic rings. The molecule has 0 atom stereocenters. The Morgan fingerprint density at radius 2 is 1.27 bits per heavy atom. The summed E-state index contributed by atoms with van der Waals surface area (Å²) in [6, 6.07) is 43.2. The van der Waals surface area contributed by atoms with Gasteiger partial charge >= 0.3 is 0 Å². The van der Waals surface area contributed by atoms with Crippen molar-refractivity contribution in [2.75, 3.05) is 0 Å². The van der Waals surface area contributed by atoms with Gasteiger partial charge in [-0.1, -0.05) is 103 Å². The summed E-state index contributed by atoms with van der Waals surface area (Å²) in [6.07, 6.45) is 0. The predicted molar refractivity (Wildman–Crippen MR) is 174 cm³/mol. The first-order valence-electron chi connectivity index (χ1n) is 13.9. The molecule has 0 spiro atoms. The van der Waals surface area contributed by atoms with E-state index in [4.69, 9.17) is 9.97 Å². The molecule has 0 amide bonds. The fraction of sp³-hybridized carbons (Fsp3) is 0.0270. The second-order valence-corrected chi connectivity index (χ2v) is 11.7. The zero-order chi connectivity index (χ0) is 27.1. The first-order chi connectivity index (χ1) is 20.3. The van der Waals surface area contributed by atoms with E-state index >= 15 is 0 Å². The fourth-order valence-corrected chi connectivity index (χ4v) is 7.74. The number of rotatable bonds is 2. The quantitative estimate of drug-likeness (QED) is 0.218. The van der Waals surface area contributed by atoms with Crippen LogP contribution in [0.2, 0.25) is 0 Å². The van der Waals surface area contributed by atoms with E-state index in [1.165, 1.54) is 52.8 Å². The van der Waals surface area contributed by atoms with Crippen LogP contribution < -0.4 is 0 Å². The monoisotopic (exact) mass is 541 g/mol. The smallest absolute Gasteiger partial charge is 0.235 e. The minimum absolute atomic E-state index is 0.695. The molecule has 0 aliphatic carbocycles. The lowest BCUT2D eigenvalue weighted by Gasteiger charge is -2.12. The Morgan fingerprint density at radius 1 is 0.585 bits per heavy atom. The average Bonchev–Trinajstić information content (AvgIpc) is 3.57. The topological polar surface area (TPSA) is 30.7 Å². The van der Waals surface area contributed by atoms with Crippen LogP contribution in [0.15, 0.2) is 121 Å². The zero-order valence-electron chi connectivity index (χ0n) is 22.3. The van der Waals surface area contributed by atoms with Crippen molar-refractivity contribution >= 4 is 75.0 Å². The molecule has 0 saturated carbocycles. The third-order valence-electron chi connectivity index (χ3n) is 8.24. The van der Waals surface area contributed by atoms with Crippen LogP contribution in [0.4, 0.5) is 0 Å². The lowest BCUT2D eigenvalue weighted by Crippen LogP contribution is -2.03. The summed E-state index contributed by atoms with van der Waals surface area (Å²) >= 11 is 1.86. The zero-order valence-corrected chi connectivity index (χ0v) is 23.1. The maximum atomic E-state index is 5.33. The van der Waals surface area contributed by atoms with Crippen molar-refractivity contribution in [2.45, 2.75) is 6.92 Å². The molecule has 9 rings (SSSR count). The van der Waals surface area contributed by atoms with Gasteiger partial charge in [0, 0.05) is 37.2 Å². The van der Waals surface area contributed by atoms with E-state index in [-0.39, 0.29) is 0 Å². The van der Waals surface area contributed by atoms with E-state index in [2.05, 4.69) is 127 Å². The predicted octanol–water partition coefficient (Wildman–Crippen LogP) is 10.2. The van der Waals surface area contributed by atoms with Crippen molar-refractivity contribution in [3.05, 3.63) is 127 Å². The van der Waals surface area contributed by atoms with E-state index in [0.29, 0.717) is 5.95 Å². The standard InChI is InChI=1S/C37H23N3S/c1-22-19-20-30-28(21-22)32-24-13-5-6-14-25(24)33-27-16-8-10-18-31(27)41-36(33)35(32)40(30)37-38-29-17-9-7-15-26(29)34(39-37)23-11-3-2-4-12-23/h2-21H,1H3. The van der Waals surface area contributed by atoms with Gasteiger partial charge in [0.25, 0.3) is 0 Å². The van der Waals surface area contributed by atoms with Crippen LogP contribution in [0.3, 0.4) is 0 Å². The Morgan fingerprint density at radius 3 is 2.10 bits per heavy atom. The molecule has 4 heteroatoms. The molecular formula is C37H23N3S. The molecule has 192 valence electrons.